The van der Waals surface area contributed by atoms with Crippen LogP contribution in [0.15, 0.2) is 29.1 Å². The first-order chi connectivity index (χ1) is 8.97. The van der Waals surface area contributed by atoms with Crippen LogP contribution in [0.1, 0.15) is 10.4 Å². The van der Waals surface area contributed by atoms with Crippen molar-refractivity contribution < 1.29 is 13.6 Å². The third-order valence-corrected chi connectivity index (χ3v) is 2.61. The van der Waals surface area contributed by atoms with Crippen molar-refractivity contribution in [3.63, 3.8) is 0 Å². The summed E-state index contributed by atoms with van der Waals surface area (Å²) in [4.78, 5) is 19.4. The minimum atomic E-state index is -0.993. The molecule has 2 aromatic rings. The lowest BCUT2D eigenvalue weighted by Gasteiger charge is -2.06. The molecule has 1 amide bonds. The van der Waals surface area contributed by atoms with Crippen LogP contribution in [-0.2, 0) is 0 Å². The minimum Gasteiger partial charge on any atom is -0.394 e. The lowest BCUT2D eigenvalue weighted by Crippen LogP contribution is -2.14. The molecule has 0 bridgehead atoms. The van der Waals surface area contributed by atoms with E-state index < -0.39 is 23.2 Å². The first-order valence-electron chi connectivity index (χ1n) is 5.01. The number of rotatable bonds is 2. The Balaban J connectivity index is 2.23. The normalized spacial score (nSPS) is 10.3. The molecule has 0 saturated heterocycles. The van der Waals surface area contributed by atoms with Crippen LogP contribution in [0, 0.1) is 11.6 Å². The molecule has 1 aromatic carbocycles. The molecule has 0 aliphatic carbocycles. The number of carbonyl (C=O) groups excluding carboxylic acids is 1. The van der Waals surface area contributed by atoms with Gasteiger partial charge in [0.15, 0.2) is 5.82 Å². The van der Waals surface area contributed by atoms with E-state index in [1.807, 2.05) is 0 Å². The average Bonchev–Trinajstić information content (AvgIpc) is 2.38. The number of amides is 1. The van der Waals surface area contributed by atoms with E-state index in [-0.39, 0.29) is 11.4 Å². The van der Waals surface area contributed by atoms with Gasteiger partial charge in [-0.1, -0.05) is 0 Å². The Morgan fingerprint density at radius 2 is 1.84 bits per heavy atom. The highest BCUT2D eigenvalue weighted by Gasteiger charge is 2.13. The zero-order valence-electron chi connectivity index (χ0n) is 9.32. The van der Waals surface area contributed by atoms with Gasteiger partial charge in [-0.15, -0.1) is 0 Å². The Bertz CT molecular complexity index is 610. The number of carbonyl (C=O) groups is 1. The van der Waals surface area contributed by atoms with E-state index in [4.69, 9.17) is 5.73 Å². The summed E-state index contributed by atoms with van der Waals surface area (Å²) < 4.78 is 26.9. The highest BCUT2D eigenvalue weighted by atomic mass is 79.9. The second kappa shape index (κ2) is 5.27. The van der Waals surface area contributed by atoms with Gasteiger partial charge in [0, 0.05) is 5.56 Å². The van der Waals surface area contributed by atoms with E-state index in [2.05, 4.69) is 31.2 Å². The van der Waals surface area contributed by atoms with E-state index >= 15 is 0 Å². The monoisotopic (exact) mass is 328 g/mol. The summed E-state index contributed by atoms with van der Waals surface area (Å²) in [5.74, 6) is -2.54. The second-order valence-electron chi connectivity index (χ2n) is 3.53. The fourth-order valence-electron chi connectivity index (χ4n) is 1.28. The first-order valence-corrected chi connectivity index (χ1v) is 5.80. The van der Waals surface area contributed by atoms with Gasteiger partial charge >= 0.3 is 0 Å². The van der Waals surface area contributed by atoms with E-state index in [0.717, 1.165) is 12.1 Å². The van der Waals surface area contributed by atoms with Crippen molar-refractivity contribution in [1.29, 1.82) is 0 Å². The molecular weight excluding hydrogens is 322 g/mol. The van der Waals surface area contributed by atoms with E-state index in [1.165, 1.54) is 12.4 Å². The van der Waals surface area contributed by atoms with Gasteiger partial charge < -0.3 is 11.1 Å². The summed E-state index contributed by atoms with van der Waals surface area (Å²) in [5.41, 5.74) is 4.29. The van der Waals surface area contributed by atoms with E-state index in [0.29, 0.717) is 4.60 Å². The molecular formula is C11H7BrF2N4O. The molecule has 98 valence electrons. The zero-order valence-corrected chi connectivity index (χ0v) is 10.9. The van der Waals surface area contributed by atoms with Crippen molar-refractivity contribution in [1.82, 2.24) is 9.97 Å². The van der Waals surface area contributed by atoms with Crippen LogP contribution in [0.3, 0.4) is 0 Å². The number of anilines is 2. The van der Waals surface area contributed by atoms with Crippen molar-refractivity contribution in [3.05, 3.63) is 46.3 Å². The predicted molar refractivity (Wildman–Crippen MR) is 68.5 cm³/mol. The van der Waals surface area contributed by atoms with Gasteiger partial charge in [-0.25, -0.2) is 18.7 Å². The summed E-state index contributed by atoms with van der Waals surface area (Å²) in [6.07, 6.45) is 2.67. The fraction of sp³-hybridized carbons (Fsp3) is 0. The predicted octanol–water partition coefficient (Wildman–Crippen LogP) is 2.35. The van der Waals surface area contributed by atoms with E-state index in [1.54, 1.807) is 0 Å². The topological polar surface area (TPSA) is 80.9 Å². The number of aromatic nitrogens is 2. The second-order valence-corrected chi connectivity index (χ2v) is 4.34. The maximum atomic E-state index is 13.2. The van der Waals surface area contributed by atoms with Crippen LogP contribution in [0.4, 0.5) is 20.3 Å². The van der Waals surface area contributed by atoms with Crippen LogP contribution in [-0.4, -0.2) is 15.9 Å². The summed E-state index contributed by atoms with van der Waals surface area (Å²) in [7, 11) is 0. The van der Waals surface area contributed by atoms with Crippen molar-refractivity contribution in [2.24, 2.45) is 0 Å². The summed E-state index contributed by atoms with van der Waals surface area (Å²) in [6, 6.07) is 1.69. The Morgan fingerprint density at radius 3 is 2.37 bits per heavy atom. The van der Waals surface area contributed by atoms with Crippen LogP contribution in [0.2, 0.25) is 0 Å². The molecule has 8 heteroatoms. The maximum Gasteiger partial charge on any atom is 0.257 e. The number of hydrogen-bond acceptors (Lipinski definition) is 4. The molecule has 0 atom stereocenters. The summed E-state index contributed by atoms with van der Waals surface area (Å²) in [5, 5.41) is 2.35. The van der Waals surface area contributed by atoms with Crippen molar-refractivity contribution in [2.75, 3.05) is 11.1 Å². The maximum absolute atomic E-state index is 13.2. The molecule has 0 aliphatic rings. The standard InChI is InChI=1S/C11H7BrF2N4O/c12-8-3-17-9(4-16-8)18-11(19)5-1-6(13)10(15)7(14)2-5/h1-4H,15H2,(H,17,18,19). The Hall–Kier alpha value is -2.09. The van der Waals surface area contributed by atoms with Crippen molar-refractivity contribution in [2.45, 2.75) is 0 Å². The molecule has 1 heterocycles. The van der Waals surface area contributed by atoms with Crippen molar-refractivity contribution in [3.8, 4) is 0 Å². The van der Waals surface area contributed by atoms with Gasteiger partial charge in [0.25, 0.3) is 5.91 Å². The van der Waals surface area contributed by atoms with Gasteiger partial charge in [0.05, 0.1) is 12.4 Å². The zero-order chi connectivity index (χ0) is 14.0. The van der Waals surface area contributed by atoms with Crippen LogP contribution in [0.25, 0.3) is 0 Å². The number of benzene rings is 1. The molecule has 0 saturated carbocycles. The smallest absolute Gasteiger partial charge is 0.257 e. The lowest BCUT2D eigenvalue weighted by molar-refractivity contribution is 0.102. The van der Waals surface area contributed by atoms with Gasteiger partial charge in [-0.3, -0.25) is 4.79 Å². The molecule has 2 rings (SSSR count). The largest absolute Gasteiger partial charge is 0.394 e. The minimum absolute atomic E-state index is 0.158. The Morgan fingerprint density at radius 1 is 1.21 bits per heavy atom. The highest BCUT2D eigenvalue weighted by Crippen LogP contribution is 2.18. The third kappa shape index (κ3) is 3.02. The number of halogens is 3. The number of nitrogens with one attached hydrogen (secondary N) is 1. The van der Waals surface area contributed by atoms with Crippen LogP contribution >= 0.6 is 15.9 Å². The van der Waals surface area contributed by atoms with E-state index in [9.17, 15) is 13.6 Å². The first kappa shape index (κ1) is 13.3. The van der Waals surface area contributed by atoms with Crippen LogP contribution < -0.4 is 11.1 Å². The molecule has 0 radical (unpaired) electrons. The average molecular weight is 329 g/mol. The highest BCUT2D eigenvalue weighted by molar-refractivity contribution is 9.10. The Kier molecular flexibility index (Phi) is 3.70. The van der Waals surface area contributed by atoms with Gasteiger partial charge in [-0.2, -0.15) is 0 Å². The molecule has 0 unspecified atom stereocenters. The molecule has 0 fully saturated rings. The molecule has 0 spiro atoms. The molecule has 5 nitrogen and oxygen atoms in total. The number of nitrogen functional groups attached to an aromatic ring is 1. The van der Waals surface area contributed by atoms with Gasteiger partial charge in [-0.05, 0) is 28.1 Å². The molecule has 19 heavy (non-hydrogen) atoms. The van der Waals surface area contributed by atoms with Gasteiger partial charge in [0.2, 0.25) is 0 Å². The number of hydrogen-bond donors (Lipinski definition) is 2. The molecule has 0 aliphatic heterocycles. The van der Waals surface area contributed by atoms with Crippen LogP contribution in [0.5, 0.6) is 0 Å². The molecule has 3 N–H and O–H groups in total. The quantitative estimate of drug-likeness (QED) is 0.829. The third-order valence-electron chi connectivity index (χ3n) is 2.20. The number of nitrogens with two attached hydrogens (primary N) is 1. The Labute approximate surface area is 115 Å². The van der Waals surface area contributed by atoms with Gasteiger partial charge in [0.1, 0.15) is 21.9 Å². The van der Waals surface area contributed by atoms with Crippen molar-refractivity contribution >= 4 is 33.3 Å². The number of nitrogens with zero attached hydrogens (tertiary/aromatic N) is 2. The summed E-state index contributed by atoms with van der Waals surface area (Å²) in [6.45, 7) is 0. The lowest BCUT2D eigenvalue weighted by atomic mass is 10.1. The molecule has 1 aromatic heterocycles. The fourth-order valence-corrected chi connectivity index (χ4v) is 1.49. The summed E-state index contributed by atoms with van der Waals surface area (Å²) >= 11 is 3.08. The SMILES string of the molecule is Nc1c(F)cc(C(=O)Nc2cnc(Br)cn2)cc1F.